The lowest BCUT2D eigenvalue weighted by Crippen LogP contribution is -2.04. The van der Waals surface area contributed by atoms with Gasteiger partial charge in [0.1, 0.15) is 0 Å². The van der Waals surface area contributed by atoms with E-state index in [0.717, 1.165) is 22.6 Å². The second kappa shape index (κ2) is 7.11. The molecule has 5 nitrogen and oxygen atoms in total. The topological polar surface area (TPSA) is 72.2 Å². The third kappa shape index (κ3) is 3.91. The first-order valence-electron chi connectivity index (χ1n) is 8.07. The summed E-state index contributed by atoms with van der Waals surface area (Å²) >= 11 is 0. The molecule has 3 rings (SSSR count). The number of rotatable bonds is 6. The molecule has 2 aromatic carbocycles. The first-order valence-corrected chi connectivity index (χ1v) is 9.72. The third-order valence-electron chi connectivity index (χ3n) is 4.00. The second-order valence-electron chi connectivity index (χ2n) is 5.71. The maximum absolute atomic E-state index is 11.8. The van der Waals surface area contributed by atoms with Crippen molar-refractivity contribution >= 4 is 15.5 Å². The molecule has 0 saturated carbocycles. The van der Waals surface area contributed by atoms with Crippen molar-refractivity contribution in [3.63, 3.8) is 0 Å². The van der Waals surface area contributed by atoms with Gasteiger partial charge >= 0.3 is 0 Å². The molecule has 0 aliphatic heterocycles. The monoisotopic (exact) mass is 356 g/mol. The summed E-state index contributed by atoms with van der Waals surface area (Å²) < 4.78 is 29.4. The first-order chi connectivity index (χ1) is 12.0. The van der Waals surface area contributed by atoms with Crippen LogP contribution in [0.5, 0.6) is 0 Å². The molecule has 6 heteroatoms. The molecule has 1 aromatic heterocycles. The van der Waals surface area contributed by atoms with Gasteiger partial charge in [-0.2, -0.15) is 0 Å². The second-order valence-corrected chi connectivity index (χ2v) is 7.99. The maximum atomic E-state index is 11.8. The molecule has 0 fully saturated rings. The van der Waals surface area contributed by atoms with Crippen LogP contribution in [0.3, 0.4) is 0 Å². The largest absolute Gasteiger partial charge is 0.439 e. The average molecular weight is 356 g/mol. The number of hydrogen-bond acceptors (Lipinski definition) is 5. The van der Waals surface area contributed by atoms with Gasteiger partial charge in [-0.15, -0.1) is 0 Å². The first kappa shape index (κ1) is 17.2. The van der Waals surface area contributed by atoms with E-state index in [2.05, 4.69) is 10.3 Å². The summed E-state index contributed by atoms with van der Waals surface area (Å²) in [5.74, 6) is 1.40. The molecule has 0 atom stereocenters. The summed E-state index contributed by atoms with van der Waals surface area (Å²) in [6, 6.07) is 14.7. The minimum atomic E-state index is -3.17. The Labute approximate surface area is 147 Å². The van der Waals surface area contributed by atoms with Crippen molar-refractivity contribution in [3.05, 3.63) is 66.2 Å². The molecule has 0 bridgehead atoms. The molecule has 25 heavy (non-hydrogen) atoms. The van der Waals surface area contributed by atoms with E-state index in [-0.39, 0.29) is 5.75 Å². The highest BCUT2D eigenvalue weighted by molar-refractivity contribution is 7.91. The van der Waals surface area contributed by atoms with E-state index < -0.39 is 9.84 Å². The van der Waals surface area contributed by atoms with Crippen molar-refractivity contribution in [2.45, 2.75) is 25.3 Å². The van der Waals surface area contributed by atoms with E-state index in [1.807, 2.05) is 31.2 Å². The Hall–Kier alpha value is -2.60. The summed E-state index contributed by atoms with van der Waals surface area (Å²) in [5, 5.41) is 3.19. The lowest BCUT2D eigenvalue weighted by molar-refractivity contribution is 0.516. The summed E-state index contributed by atoms with van der Waals surface area (Å²) in [4.78, 5) is 4.63. The molecule has 0 spiro atoms. The van der Waals surface area contributed by atoms with Gasteiger partial charge in [-0.1, -0.05) is 31.2 Å². The van der Waals surface area contributed by atoms with Crippen molar-refractivity contribution in [2.75, 3.05) is 11.1 Å². The fourth-order valence-electron chi connectivity index (χ4n) is 2.49. The predicted octanol–water partition coefficient (Wildman–Crippen LogP) is 4.06. The molecule has 1 N–H and O–H groups in total. The fourth-order valence-corrected chi connectivity index (χ4v) is 3.37. The minimum Gasteiger partial charge on any atom is -0.439 e. The van der Waals surface area contributed by atoms with Gasteiger partial charge in [0, 0.05) is 11.3 Å². The molecule has 0 amide bonds. The van der Waals surface area contributed by atoms with E-state index in [4.69, 9.17) is 4.42 Å². The van der Waals surface area contributed by atoms with Gasteiger partial charge in [0.05, 0.1) is 23.4 Å². The van der Waals surface area contributed by atoms with Gasteiger partial charge in [-0.05, 0) is 36.8 Å². The number of nitrogens with zero attached hydrogens (tertiary/aromatic N) is 1. The smallest absolute Gasteiger partial charge is 0.214 e. The van der Waals surface area contributed by atoms with E-state index in [1.165, 1.54) is 0 Å². The fraction of sp³-hybridized carbons (Fsp3) is 0.211. The van der Waals surface area contributed by atoms with Gasteiger partial charge in [0.2, 0.25) is 5.89 Å². The lowest BCUT2D eigenvalue weighted by Gasteiger charge is -2.06. The van der Waals surface area contributed by atoms with Crippen LogP contribution in [-0.2, 0) is 16.4 Å². The van der Waals surface area contributed by atoms with Crippen LogP contribution >= 0.6 is 0 Å². The number of nitrogens with one attached hydrogen (secondary N) is 1. The van der Waals surface area contributed by atoms with Crippen molar-refractivity contribution < 1.29 is 12.8 Å². The van der Waals surface area contributed by atoms with Crippen LogP contribution in [-0.4, -0.2) is 19.2 Å². The number of sulfone groups is 1. The van der Waals surface area contributed by atoms with E-state index in [0.29, 0.717) is 17.3 Å². The molecule has 0 radical (unpaired) electrons. The minimum absolute atomic E-state index is 0.0950. The van der Waals surface area contributed by atoms with Crippen LogP contribution in [0.25, 0.3) is 11.3 Å². The summed E-state index contributed by atoms with van der Waals surface area (Å²) in [7, 11) is -3.17. The maximum Gasteiger partial charge on any atom is 0.214 e. The zero-order valence-electron chi connectivity index (χ0n) is 14.2. The zero-order valence-corrected chi connectivity index (χ0v) is 15.0. The Morgan fingerprint density at radius 2 is 1.80 bits per heavy atom. The van der Waals surface area contributed by atoms with Crippen LogP contribution in [0.2, 0.25) is 0 Å². The number of aromatic nitrogens is 1. The van der Waals surface area contributed by atoms with Gasteiger partial charge in [0.15, 0.2) is 15.6 Å². The summed E-state index contributed by atoms with van der Waals surface area (Å²) in [6.07, 6.45) is 1.72. The van der Waals surface area contributed by atoms with E-state index in [9.17, 15) is 8.42 Å². The van der Waals surface area contributed by atoms with Crippen LogP contribution in [0.1, 0.15) is 18.4 Å². The number of oxazole rings is 1. The third-order valence-corrected chi connectivity index (χ3v) is 5.75. The van der Waals surface area contributed by atoms with Crippen LogP contribution in [0, 0.1) is 6.92 Å². The molecular formula is C19H20N2O3S. The van der Waals surface area contributed by atoms with Crippen LogP contribution in [0.4, 0.5) is 5.69 Å². The van der Waals surface area contributed by atoms with Gasteiger partial charge in [-0.25, -0.2) is 13.4 Å². The van der Waals surface area contributed by atoms with Crippen LogP contribution < -0.4 is 5.32 Å². The number of aryl methyl sites for hydroxylation is 1. The highest BCUT2D eigenvalue weighted by Crippen LogP contribution is 2.24. The standard InChI is InChI=1S/C19H20N2O3S/c1-3-25(22,23)16-10-8-15(9-11-16)20-13-19-21-12-18(24-19)17-7-5-4-6-14(17)2/h4-12,20H,3,13H2,1-2H3. The summed E-state index contributed by atoms with van der Waals surface area (Å²) in [5.41, 5.74) is 2.96. The number of hydrogen-bond donors (Lipinski definition) is 1. The Morgan fingerprint density at radius 3 is 2.48 bits per heavy atom. The van der Waals surface area contributed by atoms with E-state index in [1.54, 1.807) is 37.4 Å². The quantitative estimate of drug-likeness (QED) is 0.721. The van der Waals surface area contributed by atoms with Crippen molar-refractivity contribution in [2.24, 2.45) is 0 Å². The van der Waals surface area contributed by atoms with Crippen molar-refractivity contribution in [1.82, 2.24) is 4.98 Å². The molecule has 0 aliphatic rings. The Bertz CT molecular complexity index is 960. The predicted molar refractivity (Wildman–Crippen MR) is 98.2 cm³/mol. The lowest BCUT2D eigenvalue weighted by atomic mass is 10.1. The molecule has 130 valence electrons. The van der Waals surface area contributed by atoms with Gasteiger partial charge < -0.3 is 9.73 Å². The van der Waals surface area contributed by atoms with Gasteiger partial charge in [-0.3, -0.25) is 0 Å². The van der Waals surface area contributed by atoms with Crippen molar-refractivity contribution in [3.8, 4) is 11.3 Å². The molecule has 0 saturated heterocycles. The highest BCUT2D eigenvalue weighted by atomic mass is 32.2. The molecule has 3 aromatic rings. The number of benzene rings is 2. The normalized spacial score (nSPS) is 11.4. The zero-order chi connectivity index (χ0) is 17.9. The highest BCUT2D eigenvalue weighted by Gasteiger charge is 2.11. The van der Waals surface area contributed by atoms with E-state index >= 15 is 0 Å². The number of anilines is 1. The van der Waals surface area contributed by atoms with Gasteiger partial charge in [0.25, 0.3) is 0 Å². The van der Waals surface area contributed by atoms with Crippen LogP contribution in [0.15, 0.2) is 64.0 Å². The Morgan fingerprint density at radius 1 is 1.08 bits per heavy atom. The Balaban J connectivity index is 1.68. The molecule has 0 aliphatic carbocycles. The Kier molecular flexibility index (Phi) is 4.90. The SMILES string of the molecule is CCS(=O)(=O)c1ccc(NCc2ncc(-c3ccccc3C)o2)cc1. The molecule has 1 heterocycles. The van der Waals surface area contributed by atoms with Crippen molar-refractivity contribution in [1.29, 1.82) is 0 Å². The average Bonchev–Trinajstić information content (AvgIpc) is 3.09. The molecular weight excluding hydrogens is 336 g/mol. The molecule has 0 unspecified atom stereocenters. The summed E-state index contributed by atoms with van der Waals surface area (Å²) in [6.45, 7) is 4.09.